The lowest BCUT2D eigenvalue weighted by molar-refractivity contribution is 0.426. The number of nitrogens with zero attached hydrogens (tertiary/aromatic N) is 5. The van der Waals surface area contributed by atoms with Gasteiger partial charge in [0.1, 0.15) is 12.1 Å². The van der Waals surface area contributed by atoms with Crippen molar-refractivity contribution in [3.63, 3.8) is 0 Å². The molecule has 1 atom stereocenters. The van der Waals surface area contributed by atoms with Gasteiger partial charge in [-0.15, -0.1) is 20.4 Å². The summed E-state index contributed by atoms with van der Waals surface area (Å²) >= 11 is 1.54. The van der Waals surface area contributed by atoms with E-state index in [9.17, 15) is 0 Å². The Balaban J connectivity index is 1.67. The maximum atomic E-state index is 5.73. The van der Waals surface area contributed by atoms with E-state index in [2.05, 4.69) is 34.2 Å². The zero-order chi connectivity index (χ0) is 16.2. The predicted molar refractivity (Wildman–Crippen MR) is 84.9 cm³/mol. The van der Waals surface area contributed by atoms with Gasteiger partial charge in [-0.25, -0.2) is 0 Å². The van der Waals surface area contributed by atoms with Crippen molar-refractivity contribution >= 4 is 11.8 Å². The largest absolute Gasteiger partial charge is 0.467 e. The summed E-state index contributed by atoms with van der Waals surface area (Å²) in [6, 6.07) is 3.79. The highest BCUT2D eigenvalue weighted by atomic mass is 32.2. The van der Waals surface area contributed by atoms with E-state index in [0.29, 0.717) is 24.2 Å². The summed E-state index contributed by atoms with van der Waals surface area (Å²) in [6.07, 6.45) is 4.14. The monoisotopic (exact) mass is 333 g/mol. The molecule has 0 saturated heterocycles. The molecule has 3 aromatic rings. The molecule has 0 aliphatic heterocycles. The van der Waals surface area contributed by atoms with E-state index in [1.807, 2.05) is 23.6 Å². The number of hydrogen-bond acceptors (Lipinski definition) is 7. The lowest BCUT2D eigenvalue weighted by atomic mass is 10.1. The number of thioether (sulfide) groups is 1. The fourth-order valence-electron chi connectivity index (χ4n) is 2.09. The van der Waals surface area contributed by atoms with E-state index in [0.717, 1.165) is 17.3 Å². The first kappa shape index (κ1) is 15.8. The van der Waals surface area contributed by atoms with Gasteiger partial charge in [0, 0.05) is 6.42 Å². The Bertz CT molecular complexity index is 735. The van der Waals surface area contributed by atoms with E-state index in [1.54, 1.807) is 12.6 Å². The fourth-order valence-corrected chi connectivity index (χ4v) is 2.94. The first-order valence-electron chi connectivity index (χ1n) is 7.51. The molecule has 0 bridgehead atoms. The zero-order valence-electron chi connectivity index (χ0n) is 13.3. The van der Waals surface area contributed by atoms with Gasteiger partial charge in [-0.1, -0.05) is 25.6 Å². The minimum absolute atomic E-state index is 0.00274. The van der Waals surface area contributed by atoms with Crippen LogP contribution in [0.2, 0.25) is 0 Å². The average Bonchev–Trinajstić information content (AvgIpc) is 3.22. The van der Waals surface area contributed by atoms with Gasteiger partial charge in [-0.05, 0) is 25.0 Å². The minimum atomic E-state index is 0.00274. The molecule has 0 radical (unpaired) electrons. The molecule has 0 aromatic carbocycles. The third-order valence-corrected chi connectivity index (χ3v) is 4.26. The molecule has 122 valence electrons. The van der Waals surface area contributed by atoms with Gasteiger partial charge in [0.05, 0.1) is 18.1 Å². The summed E-state index contributed by atoms with van der Waals surface area (Å²) in [5.41, 5.74) is 0. The highest BCUT2D eigenvalue weighted by Crippen LogP contribution is 2.33. The quantitative estimate of drug-likeness (QED) is 0.613. The van der Waals surface area contributed by atoms with Crippen molar-refractivity contribution in [1.82, 2.24) is 25.0 Å². The molecule has 0 saturated carbocycles. The van der Waals surface area contributed by atoms with E-state index in [1.165, 1.54) is 11.8 Å². The Morgan fingerprint density at radius 1 is 1.22 bits per heavy atom. The highest BCUT2D eigenvalue weighted by molar-refractivity contribution is 7.99. The Morgan fingerprint density at radius 3 is 2.83 bits per heavy atom. The fraction of sp³-hybridized carbons (Fsp3) is 0.467. The van der Waals surface area contributed by atoms with Gasteiger partial charge in [0.15, 0.2) is 5.16 Å². The molecule has 3 heterocycles. The first-order valence-corrected chi connectivity index (χ1v) is 8.39. The summed E-state index contributed by atoms with van der Waals surface area (Å²) < 4.78 is 13.0. The third kappa shape index (κ3) is 4.01. The van der Waals surface area contributed by atoms with E-state index in [4.69, 9.17) is 8.83 Å². The molecule has 0 spiro atoms. The number of furan rings is 1. The Hall–Kier alpha value is -2.09. The second-order valence-electron chi connectivity index (χ2n) is 5.71. The van der Waals surface area contributed by atoms with Crippen LogP contribution in [0.15, 0.2) is 38.7 Å². The first-order chi connectivity index (χ1) is 11.1. The summed E-state index contributed by atoms with van der Waals surface area (Å²) in [6.45, 7) is 6.86. The molecule has 3 rings (SSSR count). The molecule has 0 amide bonds. The molecule has 0 aliphatic carbocycles. The average molecular weight is 333 g/mol. The lowest BCUT2D eigenvalue weighted by Gasteiger charge is -2.07. The maximum absolute atomic E-state index is 5.73. The summed E-state index contributed by atoms with van der Waals surface area (Å²) in [4.78, 5) is 0. The second kappa shape index (κ2) is 6.99. The van der Waals surface area contributed by atoms with Gasteiger partial charge in [-0.3, -0.25) is 0 Å². The van der Waals surface area contributed by atoms with Crippen molar-refractivity contribution in [2.75, 3.05) is 0 Å². The minimum Gasteiger partial charge on any atom is -0.467 e. The van der Waals surface area contributed by atoms with Gasteiger partial charge < -0.3 is 13.4 Å². The SMILES string of the molecule is CC(C)Cc1nnc(C(C)Sc2nncn2Cc2ccco2)o1. The molecule has 0 N–H and O–H groups in total. The van der Waals surface area contributed by atoms with E-state index >= 15 is 0 Å². The molecule has 1 unspecified atom stereocenters. The van der Waals surface area contributed by atoms with Crippen LogP contribution >= 0.6 is 11.8 Å². The molecule has 8 heteroatoms. The number of aromatic nitrogens is 5. The lowest BCUT2D eigenvalue weighted by Crippen LogP contribution is -2.00. The van der Waals surface area contributed by atoms with E-state index < -0.39 is 0 Å². The van der Waals surface area contributed by atoms with Crippen LogP contribution in [0.4, 0.5) is 0 Å². The maximum Gasteiger partial charge on any atom is 0.229 e. The number of hydrogen-bond donors (Lipinski definition) is 0. The Morgan fingerprint density at radius 2 is 2.09 bits per heavy atom. The van der Waals surface area contributed by atoms with Crippen LogP contribution in [0.3, 0.4) is 0 Å². The molecule has 3 aromatic heterocycles. The third-order valence-electron chi connectivity index (χ3n) is 3.18. The molecule has 0 aliphatic rings. The van der Waals surface area contributed by atoms with Crippen molar-refractivity contribution in [3.8, 4) is 0 Å². The van der Waals surface area contributed by atoms with Crippen molar-refractivity contribution < 1.29 is 8.83 Å². The Kier molecular flexibility index (Phi) is 4.80. The zero-order valence-corrected chi connectivity index (χ0v) is 14.2. The highest BCUT2D eigenvalue weighted by Gasteiger charge is 2.19. The molecule has 0 fully saturated rings. The number of rotatable bonds is 7. The van der Waals surface area contributed by atoms with Gasteiger partial charge in [0.2, 0.25) is 11.8 Å². The summed E-state index contributed by atoms with van der Waals surface area (Å²) in [7, 11) is 0. The molecular weight excluding hydrogens is 314 g/mol. The summed E-state index contributed by atoms with van der Waals surface area (Å²) in [5.74, 6) is 2.64. The Labute approximate surface area is 138 Å². The van der Waals surface area contributed by atoms with Crippen molar-refractivity contribution in [3.05, 3.63) is 42.3 Å². The van der Waals surface area contributed by atoms with Crippen LogP contribution in [0.25, 0.3) is 0 Å². The molecule has 23 heavy (non-hydrogen) atoms. The van der Waals surface area contributed by atoms with Crippen LogP contribution in [-0.4, -0.2) is 25.0 Å². The standard InChI is InChI=1S/C15H19N5O2S/c1-10(2)7-13-17-18-14(22-13)11(3)23-15-19-16-9-20(15)8-12-5-4-6-21-12/h4-6,9-11H,7-8H2,1-3H3. The van der Waals surface area contributed by atoms with Gasteiger partial charge >= 0.3 is 0 Å². The van der Waals surface area contributed by atoms with Crippen molar-refractivity contribution in [2.24, 2.45) is 5.92 Å². The van der Waals surface area contributed by atoms with Crippen molar-refractivity contribution in [2.45, 2.75) is 44.1 Å². The normalized spacial score (nSPS) is 12.9. The van der Waals surface area contributed by atoms with Crippen LogP contribution in [0, 0.1) is 5.92 Å². The summed E-state index contributed by atoms with van der Waals surface area (Å²) in [5, 5.41) is 17.2. The van der Waals surface area contributed by atoms with Crippen LogP contribution in [0.5, 0.6) is 0 Å². The van der Waals surface area contributed by atoms with Gasteiger partial charge in [-0.2, -0.15) is 0 Å². The molecule has 7 nitrogen and oxygen atoms in total. The predicted octanol–water partition coefficient (Wildman–Crippen LogP) is 3.35. The van der Waals surface area contributed by atoms with Crippen molar-refractivity contribution in [1.29, 1.82) is 0 Å². The topological polar surface area (TPSA) is 82.8 Å². The molecular formula is C15H19N5O2S. The smallest absolute Gasteiger partial charge is 0.229 e. The van der Waals surface area contributed by atoms with Crippen LogP contribution in [0.1, 0.15) is 43.6 Å². The van der Waals surface area contributed by atoms with Gasteiger partial charge in [0.25, 0.3) is 0 Å². The van der Waals surface area contributed by atoms with Crippen LogP contribution in [-0.2, 0) is 13.0 Å². The van der Waals surface area contributed by atoms with Crippen LogP contribution < -0.4 is 0 Å². The second-order valence-corrected chi connectivity index (χ2v) is 7.02. The van der Waals surface area contributed by atoms with E-state index in [-0.39, 0.29) is 5.25 Å².